The molecule has 2 heterocycles. The van der Waals surface area contributed by atoms with Gasteiger partial charge in [-0.1, -0.05) is 24.3 Å². The minimum absolute atomic E-state index is 0.112. The number of aromatic nitrogens is 3. The van der Waals surface area contributed by atoms with Crippen LogP contribution in [-0.4, -0.2) is 34.3 Å². The lowest BCUT2D eigenvalue weighted by Gasteiger charge is -2.32. The highest BCUT2D eigenvalue weighted by atomic mass is 16.6. The highest BCUT2D eigenvalue weighted by Crippen LogP contribution is 2.44. The number of rotatable bonds is 6. The number of para-hydroxylation sites is 1. The van der Waals surface area contributed by atoms with E-state index in [1.165, 1.54) is 0 Å². The molecule has 0 saturated carbocycles. The first kappa shape index (κ1) is 19.3. The first-order chi connectivity index (χ1) is 14.5. The Morgan fingerprint density at radius 2 is 1.77 bits per heavy atom. The number of nitrogens with zero attached hydrogens (tertiary/aromatic N) is 6. The summed E-state index contributed by atoms with van der Waals surface area (Å²) < 4.78 is 4.94. The molecule has 152 valence electrons. The van der Waals surface area contributed by atoms with Crippen LogP contribution < -0.4 is 9.80 Å². The van der Waals surface area contributed by atoms with E-state index in [0.29, 0.717) is 16.9 Å². The quantitative estimate of drug-likeness (QED) is 0.342. The van der Waals surface area contributed by atoms with E-state index in [4.69, 9.17) is 4.63 Å². The first-order valence-electron chi connectivity index (χ1n) is 9.34. The van der Waals surface area contributed by atoms with Gasteiger partial charge in [-0.15, -0.1) is 0 Å². The second-order valence-corrected chi connectivity index (χ2v) is 7.04. The van der Waals surface area contributed by atoms with Crippen LogP contribution in [-0.2, 0) is 0 Å². The van der Waals surface area contributed by atoms with Gasteiger partial charge in [0, 0.05) is 32.2 Å². The van der Waals surface area contributed by atoms with Crippen molar-refractivity contribution < 1.29 is 9.55 Å². The van der Waals surface area contributed by atoms with Crippen molar-refractivity contribution in [1.29, 1.82) is 0 Å². The lowest BCUT2D eigenvalue weighted by atomic mass is 10.0. The molecule has 0 N–H and O–H groups in total. The number of hydrogen-bond acceptors (Lipinski definition) is 8. The van der Waals surface area contributed by atoms with Crippen molar-refractivity contribution in [3.05, 3.63) is 76.6 Å². The SMILES string of the molecule is CC(c1cccnc1)N(c1ccccc1)c1cc(N(C)C)c([N+](=O)[O-])c2nonc12. The summed E-state index contributed by atoms with van der Waals surface area (Å²) >= 11 is 0. The zero-order valence-corrected chi connectivity index (χ0v) is 16.8. The number of hydrogen-bond donors (Lipinski definition) is 0. The third-order valence-corrected chi connectivity index (χ3v) is 4.98. The third kappa shape index (κ3) is 3.30. The average Bonchev–Trinajstić information content (AvgIpc) is 3.24. The normalized spacial score (nSPS) is 12.0. The molecule has 0 fully saturated rings. The zero-order valence-electron chi connectivity index (χ0n) is 16.8. The van der Waals surface area contributed by atoms with E-state index in [2.05, 4.69) is 20.2 Å². The van der Waals surface area contributed by atoms with E-state index in [-0.39, 0.29) is 17.2 Å². The molecule has 9 nitrogen and oxygen atoms in total. The molecule has 9 heteroatoms. The molecule has 0 aliphatic carbocycles. The molecular weight excluding hydrogens is 384 g/mol. The van der Waals surface area contributed by atoms with Crippen LogP contribution in [0.25, 0.3) is 11.0 Å². The van der Waals surface area contributed by atoms with Gasteiger partial charge in [0.2, 0.25) is 5.52 Å². The van der Waals surface area contributed by atoms with Crippen molar-refractivity contribution in [2.24, 2.45) is 0 Å². The molecule has 0 radical (unpaired) electrons. The van der Waals surface area contributed by atoms with Gasteiger partial charge < -0.3 is 9.80 Å². The predicted octanol–water partition coefficient (Wildman–Crippen LogP) is 4.49. The number of benzene rings is 2. The summed E-state index contributed by atoms with van der Waals surface area (Å²) in [6.07, 6.45) is 3.52. The molecule has 1 atom stereocenters. The van der Waals surface area contributed by atoms with Gasteiger partial charge in [-0.2, -0.15) is 0 Å². The average molecular weight is 404 g/mol. The van der Waals surface area contributed by atoms with Crippen LogP contribution in [0.3, 0.4) is 0 Å². The molecule has 0 spiro atoms. The monoisotopic (exact) mass is 404 g/mol. The topological polar surface area (TPSA) is 101 Å². The maximum Gasteiger partial charge on any atom is 0.323 e. The fraction of sp³-hybridized carbons (Fsp3) is 0.190. The second kappa shape index (κ2) is 7.78. The number of fused-ring (bicyclic) bond motifs is 1. The summed E-state index contributed by atoms with van der Waals surface area (Å²) in [6, 6.07) is 15.2. The molecule has 0 saturated heterocycles. The third-order valence-electron chi connectivity index (χ3n) is 4.98. The van der Waals surface area contributed by atoms with Gasteiger partial charge >= 0.3 is 5.69 Å². The van der Waals surface area contributed by atoms with Crippen molar-refractivity contribution in [1.82, 2.24) is 15.3 Å². The van der Waals surface area contributed by atoms with Crippen molar-refractivity contribution in [2.45, 2.75) is 13.0 Å². The zero-order chi connectivity index (χ0) is 21.3. The number of nitro groups is 1. The summed E-state index contributed by atoms with van der Waals surface area (Å²) in [5.41, 5.74) is 3.25. The molecule has 2 aromatic carbocycles. The highest BCUT2D eigenvalue weighted by molar-refractivity contribution is 6.01. The van der Waals surface area contributed by atoms with Gasteiger partial charge in [0.05, 0.1) is 16.7 Å². The maximum atomic E-state index is 11.8. The first-order valence-corrected chi connectivity index (χ1v) is 9.34. The highest BCUT2D eigenvalue weighted by Gasteiger charge is 2.31. The Kier molecular flexibility index (Phi) is 5.01. The molecule has 0 aliphatic heterocycles. The van der Waals surface area contributed by atoms with Crippen molar-refractivity contribution in [2.75, 3.05) is 23.9 Å². The minimum atomic E-state index is -0.455. The van der Waals surface area contributed by atoms with Crippen molar-refractivity contribution in [3.8, 4) is 0 Å². The summed E-state index contributed by atoms with van der Waals surface area (Å²) in [5, 5.41) is 19.7. The molecular formula is C21H20N6O3. The van der Waals surface area contributed by atoms with Gasteiger partial charge in [-0.3, -0.25) is 15.1 Å². The Morgan fingerprint density at radius 3 is 2.40 bits per heavy atom. The number of nitro benzene ring substituents is 1. The van der Waals surface area contributed by atoms with E-state index >= 15 is 0 Å². The van der Waals surface area contributed by atoms with E-state index in [0.717, 1.165) is 11.3 Å². The summed E-state index contributed by atoms with van der Waals surface area (Å²) in [4.78, 5) is 19.3. The van der Waals surface area contributed by atoms with Crippen LogP contribution in [0.5, 0.6) is 0 Å². The maximum absolute atomic E-state index is 11.8. The Morgan fingerprint density at radius 1 is 1.03 bits per heavy atom. The summed E-state index contributed by atoms with van der Waals surface area (Å²) in [7, 11) is 3.51. The molecule has 1 unspecified atom stereocenters. The molecule has 0 aliphatic rings. The van der Waals surface area contributed by atoms with Gasteiger partial charge in [-0.05, 0) is 47.1 Å². The van der Waals surface area contributed by atoms with Crippen LogP contribution >= 0.6 is 0 Å². The van der Waals surface area contributed by atoms with E-state index in [1.54, 1.807) is 37.5 Å². The molecule has 4 rings (SSSR count). The van der Waals surface area contributed by atoms with Crippen molar-refractivity contribution in [3.63, 3.8) is 0 Å². The summed E-state index contributed by atoms with van der Waals surface area (Å²) in [5.74, 6) is 0. The molecule has 4 aromatic rings. The Balaban J connectivity index is 2.01. The van der Waals surface area contributed by atoms with Crippen LogP contribution in [0.1, 0.15) is 18.5 Å². The fourth-order valence-electron chi connectivity index (χ4n) is 3.54. The van der Waals surface area contributed by atoms with Crippen LogP contribution in [0.15, 0.2) is 65.6 Å². The van der Waals surface area contributed by atoms with Crippen LogP contribution in [0, 0.1) is 10.1 Å². The number of pyridine rings is 1. The molecule has 0 bridgehead atoms. The number of anilines is 3. The van der Waals surface area contributed by atoms with E-state index < -0.39 is 4.92 Å². The van der Waals surface area contributed by atoms with Crippen molar-refractivity contribution >= 4 is 33.8 Å². The predicted molar refractivity (Wildman–Crippen MR) is 114 cm³/mol. The van der Waals surface area contributed by atoms with Gasteiger partial charge in [-0.25, -0.2) is 4.63 Å². The van der Waals surface area contributed by atoms with Crippen LogP contribution in [0.4, 0.5) is 22.7 Å². The Bertz CT molecular complexity index is 1180. The van der Waals surface area contributed by atoms with Crippen LogP contribution in [0.2, 0.25) is 0 Å². The van der Waals surface area contributed by atoms with E-state index in [1.807, 2.05) is 49.4 Å². The largest absolute Gasteiger partial charge is 0.372 e. The fourth-order valence-corrected chi connectivity index (χ4v) is 3.54. The second-order valence-electron chi connectivity index (χ2n) is 7.04. The standard InChI is InChI=1S/C21H20N6O3/c1-14(15-8-7-11-22-13-15)26(16-9-5-4-6-10-16)17-12-18(25(2)3)21(27(28)29)20-19(17)23-30-24-20/h4-14H,1-3H3. The summed E-state index contributed by atoms with van der Waals surface area (Å²) in [6.45, 7) is 2.04. The molecule has 30 heavy (non-hydrogen) atoms. The Hall–Kier alpha value is -4.01. The van der Waals surface area contributed by atoms with Gasteiger partial charge in [0.1, 0.15) is 5.69 Å². The molecule has 0 amide bonds. The van der Waals surface area contributed by atoms with E-state index in [9.17, 15) is 10.1 Å². The Labute approximate surface area is 172 Å². The van der Waals surface area contributed by atoms with Gasteiger partial charge in [0.25, 0.3) is 0 Å². The molecule has 2 aromatic heterocycles. The minimum Gasteiger partial charge on any atom is -0.372 e. The lowest BCUT2D eigenvalue weighted by Crippen LogP contribution is -2.23. The van der Waals surface area contributed by atoms with Gasteiger partial charge in [0.15, 0.2) is 5.52 Å². The lowest BCUT2D eigenvalue weighted by molar-refractivity contribution is -0.382. The smallest absolute Gasteiger partial charge is 0.323 e.